The molecule has 0 saturated carbocycles. The van der Waals surface area contributed by atoms with Gasteiger partial charge >= 0.3 is 0 Å². The van der Waals surface area contributed by atoms with Crippen molar-refractivity contribution in [2.75, 3.05) is 0 Å². The van der Waals surface area contributed by atoms with E-state index >= 15 is 0 Å². The van der Waals surface area contributed by atoms with Crippen molar-refractivity contribution in [3.05, 3.63) is 40.1 Å². The van der Waals surface area contributed by atoms with Gasteiger partial charge in [0.1, 0.15) is 5.01 Å². The van der Waals surface area contributed by atoms with Gasteiger partial charge in [-0.2, -0.15) is 5.26 Å². The van der Waals surface area contributed by atoms with Crippen molar-refractivity contribution in [3.8, 4) is 6.07 Å². The quantitative estimate of drug-likeness (QED) is 0.804. The first-order valence-electron chi connectivity index (χ1n) is 6.05. The summed E-state index contributed by atoms with van der Waals surface area (Å²) in [4.78, 5) is 16.8. The Hall–Kier alpha value is -1.93. The summed E-state index contributed by atoms with van der Waals surface area (Å²) in [6.07, 6.45) is 1.79. The topological polar surface area (TPSA) is 58.7 Å². The summed E-state index contributed by atoms with van der Waals surface area (Å²) < 4.78 is 1.73. The summed E-state index contributed by atoms with van der Waals surface area (Å²) in [6.45, 7) is 4.08. The first kappa shape index (κ1) is 13.5. The van der Waals surface area contributed by atoms with E-state index in [2.05, 4.69) is 11.1 Å². The molecule has 2 rings (SSSR count). The third kappa shape index (κ3) is 2.59. The molecule has 1 atom stereocenters. The van der Waals surface area contributed by atoms with Gasteiger partial charge < -0.3 is 4.57 Å². The van der Waals surface area contributed by atoms with Crippen molar-refractivity contribution in [1.82, 2.24) is 9.55 Å². The number of carbonyl (C=O) groups is 1. The van der Waals surface area contributed by atoms with Gasteiger partial charge in [0.15, 0.2) is 5.92 Å². The van der Waals surface area contributed by atoms with Gasteiger partial charge in [0.2, 0.25) is 5.78 Å². The van der Waals surface area contributed by atoms with E-state index in [0.717, 1.165) is 5.69 Å². The number of rotatable bonds is 4. The van der Waals surface area contributed by atoms with E-state index in [-0.39, 0.29) is 5.78 Å². The van der Waals surface area contributed by atoms with E-state index in [1.165, 1.54) is 11.3 Å². The highest BCUT2D eigenvalue weighted by Crippen LogP contribution is 2.26. The molecule has 2 aromatic heterocycles. The van der Waals surface area contributed by atoms with Crippen LogP contribution in [0.1, 0.15) is 46.9 Å². The lowest BCUT2D eigenvalue weighted by Crippen LogP contribution is -2.14. The molecule has 0 aromatic carbocycles. The maximum Gasteiger partial charge on any atom is 0.203 e. The van der Waals surface area contributed by atoms with Crippen molar-refractivity contribution in [1.29, 1.82) is 5.26 Å². The molecule has 0 bridgehead atoms. The highest BCUT2D eigenvalue weighted by Gasteiger charge is 2.26. The van der Waals surface area contributed by atoms with E-state index in [0.29, 0.717) is 16.6 Å². The van der Waals surface area contributed by atoms with Crippen LogP contribution in [0.15, 0.2) is 23.7 Å². The number of Topliss-reactive ketones (excluding diaryl/α,β-unsaturated/α-hetero) is 1. The van der Waals surface area contributed by atoms with Crippen LogP contribution in [0.2, 0.25) is 0 Å². The van der Waals surface area contributed by atoms with Crippen LogP contribution >= 0.6 is 11.3 Å². The second-order valence-corrected chi connectivity index (χ2v) is 5.59. The predicted molar refractivity (Wildman–Crippen MR) is 74.3 cm³/mol. The Morgan fingerprint density at radius 1 is 1.53 bits per heavy atom. The number of carbonyl (C=O) groups excluding carboxylic acids is 1. The van der Waals surface area contributed by atoms with Crippen LogP contribution in [0, 0.1) is 11.3 Å². The molecule has 1 unspecified atom stereocenters. The van der Waals surface area contributed by atoms with Gasteiger partial charge in [-0.15, -0.1) is 11.3 Å². The number of ketones is 1. The minimum absolute atomic E-state index is 0.195. The average Bonchev–Trinajstić information content (AvgIpc) is 2.99. The predicted octanol–water partition coefficient (Wildman–Crippen LogP) is 3.10. The van der Waals surface area contributed by atoms with Crippen molar-refractivity contribution in [3.63, 3.8) is 0 Å². The van der Waals surface area contributed by atoms with Gasteiger partial charge in [0.25, 0.3) is 0 Å². The summed E-state index contributed by atoms with van der Waals surface area (Å²) in [5.41, 5.74) is 1.47. The normalized spacial score (nSPS) is 12.4. The summed E-state index contributed by atoms with van der Waals surface area (Å²) in [5.74, 6) is -0.708. The van der Waals surface area contributed by atoms with E-state index < -0.39 is 5.92 Å². The second-order valence-electron chi connectivity index (χ2n) is 4.70. The number of nitriles is 1. The zero-order valence-electron chi connectivity index (χ0n) is 11.1. The third-order valence-corrected chi connectivity index (χ3v) is 3.89. The highest BCUT2D eigenvalue weighted by molar-refractivity contribution is 7.10. The number of thiazole rings is 1. The molecule has 2 aromatic rings. The van der Waals surface area contributed by atoms with Gasteiger partial charge in [0, 0.05) is 18.6 Å². The first-order chi connectivity index (χ1) is 9.04. The number of hydrogen-bond donors (Lipinski definition) is 0. The fraction of sp³-hybridized carbons (Fsp3) is 0.357. The van der Waals surface area contributed by atoms with E-state index in [9.17, 15) is 10.1 Å². The van der Waals surface area contributed by atoms with Gasteiger partial charge in [-0.05, 0) is 18.1 Å². The molecule has 0 aliphatic carbocycles. The summed E-state index contributed by atoms with van der Waals surface area (Å²) >= 11 is 1.38. The fourth-order valence-corrected chi connectivity index (χ4v) is 2.81. The van der Waals surface area contributed by atoms with Crippen LogP contribution in [0.3, 0.4) is 0 Å². The van der Waals surface area contributed by atoms with Gasteiger partial charge in [-0.25, -0.2) is 4.98 Å². The van der Waals surface area contributed by atoms with Crippen molar-refractivity contribution in [2.45, 2.75) is 25.7 Å². The Balaban J connectivity index is 2.32. The maximum atomic E-state index is 12.4. The number of aryl methyl sites for hydroxylation is 1. The molecule has 0 radical (unpaired) electrons. The fourth-order valence-electron chi connectivity index (χ4n) is 1.79. The first-order valence-corrected chi connectivity index (χ1v) is 6.93. The van der Waals surface area contributed by atoms with Crippen LogP contribution in [0.5, 0.6) is 0 Å². The lowest BCUT2D eigenvalue weighted by Gasteiger charge is -2.06. The van der Waals surface area contributed by atoms with Gasteiger partial charge in [-0.3, -0.25) is 4.79 Å². The van der Waals surface area contributed by atoms with Crippen LogP contribution in [0.4, 0.5) is 0 Å². The second kappa shape index (κ2) is 5.37. The smallest absolute Gasteiger partial charge is 0.203 e. The Morgan fingerprint density at radius 3 is 2.74 bits per heavy atom. The molecule has 2 heterocycles. The highest BCUT2D eigenvalue weighted by atomic mass is 32.1. The zero-order valence-corrected chi connectivity index (χ0v) is 11.9. The molecule has 0 saturated heterocycles. The van der Waals surface area contributed by atoms with E-state index in [1.54, 1.807) is 29.9 Å². The molecular formula is C14H15N3OS. The minimum atomic E-state index is -0.814. The SMILES string of the molecule is CC(C)c1csc(C(C#N)C(=O)c2cccn2C)n1. The average molecular weight is 273 g/mol. The molecule has 0 N–H and O–H groups in total. The molecule has 0 spiro atoms. The monoisotopic (exact) mass is 273 g/mol. The molecule has 19 heavy (non-hydrogen) atoms. The minimum Gasteiger partial charge on any atom is -0.348 e. The molecule has 0 aliphatic heterocycles. The summed E-state index contributed by atoms with van der Waals surface area (Å²) in [7, 11) is 1.79. The van der Waals surface area contributed by atoms with Crippen molar-refractivity contribution >= 4 is 17.1 Å². The largest absolute Gasteiger partial charge is 0.348 e. The van der Waals surface area contributed by atoms with Crippen molar-refractivity contribution < 1.29 is 4.79 Å². The molecule has 5 heteroatoms. The molecule has 98 valence electrons. The van der Waals surface area contributed by atoms with Crippen LogP contribution in [-0.4, -0.2) is 15.3 Å². The zero-order chi connectivity index (χ0) is 14.0. The molecule has 0 aliphatic rings. The standard InChI is InChI=1S/C14H15N3OS/c1-9(2)11-8-19-14(16-11)10(7-15)13(18)12-5-4-6-17(12)3/h4-6,8-10H,1-3H3. The third-order valence-electron chi connectivity index (χ3n) is 2.97. The van der Waals surface area contributed by atoms with Crippen LogP contribution < -0.4 is 0 Å². The molecular weight excluding hydrogens is 258 g/mol. The Morgan fingerprint density at radius 2 is 2.26 bits per heavy atom. The van der Waals surface area contributed by atoms with Crippen LogP contribution in [-0.2, 0) is 7.05 Å². The van der Waals surface area contributed by atoms with Gasteiger partial charge in [0.05, 0.1) is 17.5 Å². The Bertz CT molecular complexity index is 633. The lowest BCUT2D eigenvalue weighted by atomic mass is 10.0. The summed E-state index contributed by atoms with van der Waals surface area (Å²) in [6, 6.07) is 5.59. The van der Waals surface area contributed by atoms with E-state index in [1.807, 2.05) is 19.2 Å². The van der Waals surface area contributed by atoms with E-state index in [4.69, 9.17) is 0 Å². The molecule has 4 nitrogen and oxygen atoms in total. The van der Waals surface area contributed by atoms with Crippen molar-refractivity contribution in [2.24, 2.45) is 7.05 Å². The Labute approximate surface area is 116 Å². The van der Waals surface area contributed by atoms with Crippen LogP contribution in [0.25, 0.3) is 0 Å². The maximum absolute atomic E-state index is 12.4. The number of nitrogens with zero attached hydrogens (tertiary/aromatic N) is 3. The Kier molecular flexibility index (Phi) is 3.82. The molecule has 0 amide bonds. The summed E-state index contributed by atoms with van der Waals surface area (Å²) in [5, 5.41) is 11.8. The number of hydrogen-bond acceptors (Lipinski definition) is 4. The van der Waals surface area contributed by atoms with Gasteiger partial charge in [-0.1, -0.05) is 13.8 Å². The lowest BCUT2D eigenvalue weighted by molar-refractivity contribution is 0.0971. The molecule has 0 fully saturated rings. The number of aromatic nitrogens is 2.